The Kier molecular flexibility index (Phi) is 2.95. The lowest BCUT2D eigenvalue weighted by molar-refractivity contribution is -0.145. The van der Waals surface area contributed by atoms with Gasteiger partial charge in [-0.2, -0.15) is 0 Å². The van der Waals surface area contributed by atoms with Crippen molar-refractivity contribution < 1.29 is 15.0 Å². The highest BCUT2D eigenvalue weighted by atomic mass is 16.4. The maximum absolute atomic E-state index is 11.0. The SMILES string of the molecule is NCC(C(=O)O)N1C2CCC1CC(O)C2. The molecule has 2 rings (SSSR count). The number of nitrogens with zero attached hydrogens (tertiary/aromatic N) is 1. The molecule has 2 aliphatic rings. The molecule has 0 aliphatic carbocycles. The third kappa shape index (κ3) is 1.87. The van der Waals surface area contributed by atoms with E-state index in [0.717, 1.165) is 12.8 Å². The van der Waals surface area contributed by atoms with Gasteiger partial charge in [-0.15, -0.1) is 0 Å². The van der Waals surface area contributed by atoms with Gasteiger partial charge >= 0.3 is 5.97 Å². The average Bonchev–Trinajstić information content (AvgIpc) is 2.44. The lowest BCUT2D eigenvalue weighted by Gasteiger charge is -2.40. The van der Waals surface area contributed by atoms with Crippen molar-refractivity contribution in [1.82, 2.24) is 4.90 Å². The van der Waals surface area contributed by atoms with E-state index in [1.54, 1.807) is 0 Å². The number of nitrogens with two attached hydrogens (primary N) is 1. The Labute approximate surface area is 88.9 Å². The van der Waals surface area contributed by atoms with Crippen LogP contribution in [0.3, 0.4) is 0 Å². The largest absolute Gasteiger partial charge is 0.480 e. The van der Waals surface area contributed by atoms with Crippen LogP contribution >= 0.6 is 0 Å². The minimum atomic E-state index is -0.842. The van der Waals surface area contributed by atoms with Gasteiger partial charge in [-0.1, -0.05) is 0 Å². The predicted octanol–water partition coefficient (Wildman–Crippen LogP) is -0.614. The summed E-state index contributed by atoms with van der Waals surface area (Å²) in [5.74, 6) is -0.842. The van der Waals surface area contributed by atoms with Crippen LogP contribution in [-0.4, -0.2) is 51.9 Å². The van der Waals surface area contributed by atoms with Crippen molar-refractivity contribution >= 4 is 5.97 Å². The molecule has 2 saturated heterocycles. The lowest BCUT2D eigenvalue weighted by Crippen LogP contribution is -2.55. The molecule has 2 heterocycles. The number of aliphatic carboxylic acids is 1. The minimum absolute atomic E-state index is 0.151. The number of rotatable bonds is 3. The van der Waals surface area contributed by atoms with E-state index in [9.17, 15) is 9.90 Å². The number of aliphatic hydroxyl groups excluding tert-OH is 1. The molecule has 0 aromatic rings. The van der Waals surface area contributed by atoms with Crippen molar-refractivity contribution in [2.75, 3.05) is 6.54 Å². The highest BCUT2D eigenvalue weighted by Gasteiger charge is 2.45. The summed E-state index contributed by atoms with van der Waals surface area (Å²) < 4.78 is 0. The van der Waals surface area contributed by atoms with Crippen LogP contribution in [0.25, 0.3) is 0 Å². The van der Waals surface area contributed by atoms with Crippen molar-refractivity contribution in [3.05, 3.63) is 0 Å². The van der Waals surface area contributed by atoms with Gasteiger partial charge in [-0.3, -0.25) is 9.69 Å². The third-order valence-electron chi connectivity index (χ3n) is 3.63. The van der Waals surface area contributed by atoms with Crippen LogP contribution in [0.1, 0.15) is 25.7 Å². The van der Waals surface area contributed by atoms with Crippen LogP contribution < -0.4 is 5.73 Å². The Morgan fingerprint density at radius 3 is 2.33 bits per heavy atom. The monoisotopic (exact) mass is 214 g/mol. The zero-order valence-electron chi connectivity index (χ0n) is 8.67. The fraction of sp³-hybridized carbons (Fsp3) is 0.900. The number of carboxylic acids is 1. The van der Waals surface area contributed by atoms with Crippen molar-refractivity contribution in [2.24, 2.45) is 5.73 Å². The van der Waals surface area contributed by atoms with Gasteiger partial charge in [0.2, 0.25) is 0 Å². The van der Waals surface area contributed by atoms with Gasteiger partial charge in [-0.05, 0) is 25.7 Å². The second-order valence-corrected chi connectivity index (χ2v) is 4.55. The van der Waals surface area contributed by atoms with Crippen LogP contribution in [0.2, 0.25) is 0 Å². The molecule has 5 heteroatoms. The molecule has 86 valence electrons. The third-order valence-corrected chi connectivity index (χ3v) is 3.63. The molecular formula is C10H18N2O3. The summed E-state index contributed by atoms with van der Waals surface area (Å²) in [7, 11) is 0. The molecule has 0 spiro atoms. The van der Waals surface area contributed by atoms with Crippen LogP contribution in [0.4, 0.5) is 0 Å². The van der Waals surface area contributed by atoms with Crippen molar-refractivity contribution in [3.8, 4) is 0 Å². The topological polar surface area (TPSA) is 86.8 Å². The summed E-state index contributed by atoms with van der Waals surface area (Å²) >= 11 is 0. The average molecular weight is 214 g/mol. The molecule has 0 aromatic carbocycles. The second-order valence-electron chi connectivity index (χ2n) is 4.55. The Morgan fingerprint density at radius 2 is 1.93 bits per heavy atom. The highest BCUT2D eigenvalue weighted by Crippen LogP contribution is 2.37. The number of hydrogen-bond donors (Lipinski definition) is 3. The van der Waals surface area contributed by atoms with Crippen molar-refractivity contribution in [2.45, 2.75) is 49.9 Å². The summed E-state index contributed by atoms with van der Waals surface area (Å²) in [4.78, 5) is 13.1. The molecule has 5 nitrogen and oxygen atoms in total. The maximum Gasteiger partial charge on any atom is 0.322 e. The molecule has 15 heavy (non-hydrogen) atoms. The molecule has 0 saturated carbocycles. The normalized spacial score (nSPS) is 37.9. The Bertz CT molecular complexity index is 245. The van der Waals surface area contributed by atoms with Crippen LogP contribution in [0, 0.1) is 0 Å². The fourth-order valence-electron chi connectivity index (χ4n) is 3.04. The summed E-state index contributed by atoms with van der Waals surface area (Å²) in [5, 5.41) is 18.7. The standard InChI is InChI=1S/C10H18N2O3/c11-5-9(10(14)15)12-6-1-2-7(12)4-8(13)3-6/h6-9,13H,1-5,11H2,(H,14,15). The van der Waals surface area contributed by atoms with Gasteiger partial charge < -0.3 is 15.9 Å². The molecule has 4 N–H and O–H groups in total. The van der Waals surface area contributed by atoms with Gasteiger partial charge in [0.1, 0.15) is 6.04 Å². The zero-order chi connectivity index (χ0) is 11.0. The first-order valence-electron chi connectivity index (χ1n) is 5.52. The first kappa shape index (κ1) is 10.9. The highest BCUT2D eigenvalue weighted by molar-refractivity contribution is 5.74. The summed E-state index contributed by atoms with van der Waals surface area (Å²) in [6, 6.07) is -0.151. The van der Waals surface area contributed by atoms with Crippen molar-refractivity contribution in [3.63, 3.8) is 0 Å². The second kappa shape index (κ2) is 4.08. The van der Waals surface area contributed by atoms with E-state index in [-0.39, 0.29) is 24.7 Å². The Hall–Kier alpha value is -0.650. The molecule has 3 atom stereocenters. The molecule has 0 radical (unpaired) electrons. The van der Waals surface area contributed by atoms with E-state index in [0.29, 0.717) is 12.8 Å². The quantitative estimate of drug-likeness (QED) is 0.583. The van der Waals surface area contributed by atoms with E-state index >= 15 is 0 Å². The first-order chi connectivity index (χ1) is 7.13. The lowest BCUT2D eigenvalue weighted by atomic mass is 9.97. The number of fused-ring (bicyclic) bond motifs is 2. The van der Waals surface area contributed by atoms with E-state index in [4.69, 9.17) is 10.8 Å². The Balaban J connectivity index is 2.13. The van der Waals surface area contributed by atoms with Gasteiger partial charge in [0, 0.05) is 18.6 Å². The van der Waals surface area contributed by atoms with Crippen LogP contribution in [0.15, 0.2) is 0 Å². The number of hydrogen-bond acceptors (Lipinski definition) is 4. The van der Waals surface area contributed by atoms with Gasteiger partial charge in [0.05, 0.1) is 6.10 Å². The summed E-state index contributed by atoms with van der Waals surface area (Å²) in [5.41, 5.74) is 5.51. The predicted molar refractivity (Wildman–Crippen MR) is 54.4 cm³/mol. The van der Waals surface area contributed by atoms with Gasteiger partial charge in [0.15, 0.2) is 0 Å². The fourth-order valence-corrected chi connectivity index (χ4v) is 3.04. The van der Waals surface area contributed by atoms with Gasteiger partial charge in [-0.25, -0.2) is 0 Å². The zero-order valence-corrected chi connectivity index (χ0v) is 8.67. The van der Waals surface area contributed by atoms with Crippen molar-refractivity contribution in [1.29, 1.82) is 0 Å². The molecule has 0 amide bonds. The van der Waals surface area contributed by atoms with Gasteiger partial charge in [0.25, 0.3) is 0 Å². The molecule has 2 bridgehead atoms. The molecule has 3 unspecified atom stereocenters. The summed E-state index contributed by atoms with van der Waals surface area (Å²) in [6.07, 6.45) is 3.11. The minimum Gasteiger partial charge on any atom is -0.480 e. The summed E-state index contributed by atoms with van der Waals surface area (Å²) in [6.45, 7) is 0.151. The number of aliphatic hydroxyl groups is 1. The number of carbonyl (C=O) groups is 1. The first-order valence-corrected chi connectivity index (χ1v) is 5.52. The molecule has 2 aliphatic heterocycles. The van der Waals surface area contributed by atoms with E-state index in [2.05, 4.69) is 0 Å². The Morgan fingerprint density at radius 1 is 1.40 bits per heavy atom. The smallest absolute Gasteiger partial charge is 0.322 e. The van der Waals surface area contributed by atoms with E-state index in [1.807, 2.05) is 4.90 Å². The number of piperidine rings is 1. The van der Waals surface area contributed by atoms with E-state index < -0.39 is 12.0 Å². The number of carboxylic acid groups (broad SMARTS) is 1. The maximum atomic E-state index is 11.0. The molecule has 0 aromatic heterocycles. The van der Waals surface area contributed by atoms with Crippen LogP contribution in [0.5, 0.6) is 0 Å². The van der Waals surface area contributed by atoms with Crippen LogP contribution in [-0.2, 0) is 4.79 Å². The van der Waals surface area contributed by atoms with E-state index in [1.165, 1.54) is 0 Å². The molecule has 2 fully saturated rings. The molecular weight excluding hydrogens is 196 g/mol.